The lowest BCUT2D eigenvalue weighted by Gasteiger charge is -2.10. The van der Waals surface area contributed by atoms with E-state index in [0.29, 0.717) is 5.76 Å². The van der Waals surface area contributed by atoms with E-state index in [1.807, 2.05) is 6.07 Å². The van der Waals surface area contributed by atoms with Crippen molar-refractivity contribution in [1.29, 1.82) is 5.26 Å². The van der Waals surface area contributed by atoms with E-state index < -0.39 is 11.2 Å². The van der Waals surface area contributed by atoms with E-state index in [4.69, 9.17) is 10.3 Å². The van der Waals surface area contributed by atoms with Gasteiger partial charge in [0.25, 0.3) is 5.56 Å². The predicted octanol–water partition coefficient (Wildman–Crippen LogP) is -0.328. The first-order chi connectivity index (χ1) is 11.5. The number of nitrogens with two attached hydrogens (primary N) is 1. The summed E-state index contributed by atoms with van der Waals surface area (Å²) in [6.45, 7) is 0. The average molecular weight is 345 g/mol. The van der Waals surface area contributed by atoms with Gasteiger partial charge in [-0.3, -0.25) is 13.9 Å². The second-order valence-corrected chi connectivity index (χ2v) is 5.71. The number of aromatic nitrogens is 5. The van der Waals surface area contributed by atoms with Crippen LogP contribution < -0.4 is 17.1 Å². The van der Waals surface area contributed by atoms with Gasteiger partial charge >= 0.3 is 5.69 Å². The van der Waals surface area contributed by atoms with Gasteiger partial charge in [0.05, 0.1) is 6.26 Å². The number of hydrogen-bond donors (Lipinski definition) is 1. The minimum atomic E-state index is -0.683. The Morgan fingerprint density at radius 1 is 1.29 bits per heavy atom. The Hall–Kier alpha value is -3.26. The van der Waals surface area contributed by atoms with Gasteiger partial charge in [-0.05, 0) is 23.9 Å². The second kappa shape index (κ2) is 5.74. The highest BCUT2D eigenvalue weighted by atomic mass is 32.2. The summed E-state index contributed by atoms with van der Waals surface area (Å²) < 4.78 is 8.42. The summed E-state index contributed by atoms with van der Waals surface area (Å²) in [6, 6.07) is 5.16. The fraction of sp³-hybridized carbons (Fsp3) is 0.154. The Bertz CT molecular complexity index is 1070. The molecule has 0 aliphatic rings. The van der Waals surface area contributed by atoms with Crippen LogP contribution in [0.2, 0.25) is 0 Å². The van der Waals surface area contributed by atoms with Gasteiger partial charge in [0, 0.05) is 14.1 Å². The molecule has 122 valence electrons. The van der Waals surface area contributed by atoms with Crippen LogP contribution in [0.4, 0.5) is 0 Å². The number of rotatable bonds is 3. The predicted molar refractivity (Wildman–Crippen MR) is 83.6 cm³/mol. The molecule has 0 fully saturated rings. The van der Waals surface area contributed by atoms with Crippen molar-refractivity contribution in [2.24, 2.45) is 14.1 Å². The number of nitrogen functional groups attached to an aromatic ring is 1. The number of hydrogen-bond acceptors (Lipinski definition) is 8. The van der Waals surface area contributed by atoms with Gasteiger partial charge in [0.1, 0.15) is 16.7 Å². The second-order valence-electron chi connectivity index (χ2n) is 4.75. The fourth-order valence-electron chi connectivity index (χ4n) is 2.05. The van der Waals surface area contributed by atoms with E-state index in [1.165, 1.54) is 24.9 Å². The molecule has 3 aromatic rings. The van der Waals surface area contributed by atoms with Crippen LogP contribution in [-0.2, 0) is 14.1 Å². The number of nitriles is 1. The Labute approximate surface area is 138 Å². The zero-order chi connectivity index (χ0) is 17.4. The van der Waals surface area contributed by atoms with Gasteiger partial charge in [0.2, 0.25) is 11.0 Å². The molecule has 0 aromatic carbocycles. The first-order valence-electron chi connectivity index (χ1n) is 6.58. The highest BCUT2D eigenvalue weighted by molar-refractivity contribution is 7.99. The van der Waals surface area contributed by atoms with Crippen molar-refractivity contribution in [1.82, 2.24) is 24.0 Å². The van der Waals surface area contributed by atoms with Crippen molar-refractivity contribution < 1.29 is 4.42 Å². The molecule has 3 rings (SSSR count). The van der Waals surface area contributed by atoms with Crippen LogP contribution in [0.15, 0.2) is 42.6 Å². The summed E-state index contributed by atoms with van der Waals surface area (Å²) >= 11 is 0.897. The molecule has 0 unspecified atom stereocenters. The SMILES string of the molecule is Cn1c(Sc2nnc(-c3ccco3)n2N)c(C#N)c(=O)n(C)c1=O. The summed E-state index contributed by atoms with van der Waals surface area (Å²) in [7, 11) is 2.76. The summed E-state index contributed by atoms with van der Waals surface area (Å²) in [5, 5.41) is 17.4. The molecule has 3 aromatic heterocycles. The summed E-state index contributed by atoms with van der Waals surface area (Å²) in [5.74, 6) is 6.63. The molecular weight excluding hydrogens is 334 g/mol. The van der Waals surface area contributed by atoms with Crippen LogP contribution in [0.5, 0.6) is 0 Å². The third kappa shape index (κ3) is 2.29. The molecule has 0 aliphatic carbocycles. The minimum Gasteiger partial charge on any atom is -0.461 e. The lowest BCUT2D eigenvalue weighted by atomic mass is 10.3. The standard InChI is InChI=1S/C13H11N7O3S/c1-18-10(21)7(6-14)11(19(2)13(18)22)24-12-17-16-9(20(12)15)8-4-3-5-23-8/h3-5H,15H2,1-2H3. The Morgan fingerprint density at radius 3 is 2.67 bits per heavy atom. The molecule has 0 amide bonds. The molecule has 0 atom stereocenters. The zero-order valence-electron chi connectivity index (χ0n) is 12.6. The molecule has 0 bridgehead atoms. The molecule has 0 radical (unpaired) electrons. The van der Waals surface area contributed by atoms with Crippen molar-refractivity contribution in [3.63, 3.8) is 0 Å². The van der Waals surface area contributed by atoms with E-state index in [0.717, 1.165) is 21.0 Å². The number of furan rings is 1. The van der Waals surface area contributed by atoms with Gasteiger partial charge < -0.3 is 10.3 Å². The molecule has 0 aliphatic heterocycles. The van der Waals surface area contributed by atoms with Crippen LogP contribution in [0.25, 0.3) is 11.6 Å². The third-order valence-electron chi connectivity index (χ3n) is 3.32. The largest absolute Gasteiger partial charge is 0.461 e. The molecular formula is C13H11N7O3S. The van der Waals surface area contributed by atoms with E-state index in [2.05, 4.69) is 10.2 Å². The smallest absolute Gasteiger partial charge is 0.331 e. The highest BCUT2D eigenvalue weighted by Gasteiger charge is 2.21. The van der Waals surface area contributed by atoms with Gasteiger partial charge in [-0.25, -0.2) is 9.47 Å². The monoisotopic (exact) mass is 345 g/mol. The Morgan fingerprint density at radius 2 is 2.04 bits per heavy atom. The van der Waals surface area contributed by atoms with E-state index >= 15 is 0 Å². The van der Waals surface area contributed by atoms with Crippen molar-refractivity contribution in [2.45, 2.75) is 10.2 Å². The first kappa shape index (κ1) is 15.6. The topological polar surface area (TPSA) is 138 Å². The van der Waals surface area contributed by atoms with Gasteiger partial charge in [-0.2, -0.15) is 5.26 Å². The molecule has 0 saturated heterocycles. The molecule has 0 spiro atoms. The average Bonchev–Trinajstić information content (AvgIpc) is 3.21. The zero-order valence-corrected chi connectivity index (χ0v) is 13.4. The molecule has 0 saturated carbocycles. The van der Waals surface area contributed by atoms with Crippen LogP contribution in [0.1, 0.15) is 5.56 Å². The first-order valence-corrected chi connectivity index (χ1v) is 7.39. The Balaban J connectivity index is 2.13. The summed E-state index contributed by atoms with van der Waals surface area (Å²) in [6.07, 6.45) is 1.47. The van der Waals surface area contributed by atoms with Crippen molar-refractivity contribution >= 4 is 11.8 Å². The molecule has 10 nitrogen and oxygen atoms in total. The Kier molecular flexibility index (Phi) is 3.74. The van der Waals surface area contributed by atoms with Gasteiger partial charge in [-0.15, -0.1) is 10.2 Å². The maximum Gasteiger partial charge on any atom is 0.331 e. The summed E-state index contributed by atoms with van der Waals surface area (Å²) in [4.78, 5) is 24.1. The van der Waals surface area contributed by atoms with Crippen molar-refractivity contribution in [3.05, 3.63) is 44.8 Å². The van der Waals surface area contributed by atoms with Crippen molar-refractivity contribution in [3.8, 4) is 17.7 Å². The van der Waals surface area contributed by atoms with Crippen LogP contribution >= 0.6 is 11.8 Å². The molecule has 24 heavy (non-hydrogen) atoms. The fourth-order valence-corrected chi connectivity index (χ4v) is 2.94. The van der Waals surface area contributed by atoms with Crippen LogP contribution in [-0.4, -0.2) is 24.0 Å². The lowest BCUT2D eigenvalue weighted by Crippen LogP contribution is -2.39. The van der Waals surface area contributed by atoms with Crippen molar-refractivity contribution in [2.75, 3.05) is 5.84 Å². The number of nitrogens with zero attached hydrogens (tertiary/aromatic N) is 6. The van der Waals surface area contributed by atoms with Gasteiger partial charge in [0.15, 0.2) is 5.76 Å². The molecule has 3 heterocycles. The molecule has 11 heteroatoms. The maximum absolute atomic E-state index is 12.1. The normalized spacial score (nSPS) is 10.7. The van der Waals surface area contributed by atoms with Crippen LogP contribution in [0.3, 0.4) is 0 Å². The van der Waals surface area contributed by atoms with Gasteiger partial charge in [-0.1, -0.05) is 0 Å². The maximum atomic E-state index is 12.1. The minimum absolute atomic E-state index is 0.135. The van der Waals surface area contributed by atoms with E-state index in [1.54, 1.807) is 12.1 Å². The quantitative estimate of drug-likeness (QED) is 0.503. The van der Waals surface area contributed by atoms with Crippen LogP contribution in [0, 0.1) is 11.3 Å². The lowest BCUT2D eigenvalue weighted by molar-refractivity contribution is 0.574. The summed E-state index contributed by atoms with van der Waals surface area (Å²) in [5.41, 5.74) is -1.42. The van der Waals surface area contributed by atoms with E-state index in [-0.39, 0.29) is 21.6 Å². The van der Waals surface area contributed by atoms with E-state index in [9.17, 15) is 14.9 Å². The third-order valence-corrected chi connectivity index (χ3v) is 4.45. The highest BCUT2D eigenvalue weighted by Crippen LogP contribution is 2.28. The molecule has 2 N–H and O–H groups in total.